The summed E-state index contributed by atoms with van der Waals surface area (Å²) in [5.74, 6) is 0.880. The molecule has 3 aromatic rings. The van der Waals surface area contributed by atoms with Gasteiger partial charge in [-0.05, 0) is 37.7 Å². The number of amides is 1. The highest BCUT2D eigenvalue weighted by Crippen LogP contribution is 2.25. The van der Waals surface area contributed by atoms with E-state index in [1.165, 1.54) is 0 Å². The lowest BCUT2D eigenvalue weighted by atomic mass is 10.1. The number of imidazole rings is 1. The minimum Gasteiger partial charge on any atom is -0.342 e. The summed E-state index contributed by atoms with van der Waals surface area (Å²) >= 11 is 0. The Labute approximate surface area is 148 Å². The highest BCUT2D eigenvalue weighted by molar-refractivity contribution is 5.78. The van der Waals surface area contributed by atoms with Gasteiger partial charge in [0, 0.05) is 13.5 Å². The van der Waals surface area contributed by atoms with Crippen molar-refractivity contribution < 1.29 is 4.79 Å². The Morgan fingerprint density at radius 1 is 1.12 bits per heavy atom. The van der Waals surface area contributed by atoms with Crippen LogP contribution in [0.15, 0.2) is 54.6 Å². The Morgan fingerprint density at radius 2 is 1.84 bits per heavy atom. The lowest BCUT2D eigenvalue weighted by molar-refractivity contribution is -0.121. The monoisotopic (exact) mass is 336 g/mol. The predicted octanol–water partition coefficient (Wildman–Crippen LogP) is 2.78. The third-order valence-corrected chi connectivity index (χ3v) is 4.35. The Hall–Kier alpha value is -2.66. The van der Waals surface area contributed by atoms with Gasteiger partial charge in [-0.25, -0.2) is 4.98 Å². The quantitative estimate of drug-likeness (QED) is 0.652. The molecule has 0 aliphatic carbocycles. The van der Waals surface area contributed by atoms with Crippen LogP contribution in [0.1, 0.15) is 30.3 Å². The molecule has 3 rings (SSSR count). The summed E-state index contributed by atoms with van der Waals surface area (Å²) in [6, 6.07) is 17.8. The first-order valence-corrected chi connectivity index (χ1v) is 8.61. The van der Waals surface area contributed by atoms with E-state index in [0.717, 1.165) is 35.4 Å². The summed E-state index contributed by atoms with van der Waals surface area (Å²) in [6.45, 7) is 0.829. The van der Waals surface area contributed by atoms with Gasteiger partial charge in [0.15, 0.2) is 0 Å². The summed E-state index contributed by atoms with van der Waals surface area (Å²) in [5.41, 5.74) is 3.02. The molecule has 0 aliphatic heterocycles. The van der Waals surface area contributed by atoms with E-state index in [2.05, 4.69) is 15.2 Å². The van der Waals surface area contributed by atoms with Crippen LogP contribution in [0.4, 0.5) is 0 Å². The zero-order chi connectivity index (χ0) is 17.6. The zero-order valence-electron chi connectivity index (χ0n) is 14.7. The number of aromatic nitrogens is 2. The Bertz CT molecular complexity index is 841. The Kier molecular flexibility index (Phi) is 5.46. The predicted molar refractivity (Wildman–Crippen MR) is 100 cm³/mol. The molecule has 0 aliphatic rings. The summed E-state index contributed by atoms with van der Waals surface area (Å²) in [4.78, 5) is 17.2. The number of nitrogens with one attached hydrogen (secondary N) is 2. The van der Waals surface area contributed by atoms with Gasteiger partial charge in [-0.3, -0.25) is 4.79 Å². The molecule has 0 fully saturated rings. The Balaban J connectivity index is 1.93. The fourth-order valence-electron chi connectivity index (χ4n) is 3.02. The number of nitrogens with zero attached hydrogens (tertiary/aromatic N) is 2. The third-order valence-electron chi connectivity index (χ3n) is 4.35. The number of carbonyl (C=O) groups excluding carboxylic acids is 1. The molecule has 0 saturated carbocycles. The number of hydrogen-bond donors (Lipinski definition) is 2. The van der Waals surface area contributed by atoms with Gasteiger partial charge in [0.2, 0.25) is 5.91 Å². The highest BCUT2D eigenvalue weighted by Gasteiger charge is 2.22. The average Bonchev–Trinajstić information content (AvgIpc) is 2.97. The minimum absolute atomic E-state index is 0.0381. The van der Waals surface area contributed by atoms with Crippen molar-refractivity contribution in [3.8, 4) is 0 Å². The van der Waals surface area contributed by atoms with Crippen LogP contribution >= 0.6 is 0 Å². The first-order chi connectivity index (χ1) is 12.2. The molecule has 2 N–H and O–H groups in total. The number of para-hydroxylation sites is 2. The third kappa shape index (κ3) is 3.88. The van der Waals surface area contributed by atoms with E-state index in [4.69, 9.17) is 4.98 Å². The van der Waals surface area contributed by atoms with E-state index in [1.54, 1.807) is 0 Å². The highest BCUT2D eigenvalue weighted by atomic mass is 16.1. The van der Waals surface area contributed by atoms with E-state index >= 15 is 0 Å². The molecule has 5 heteroatoms. The maximum absolute atomic E-state index is 12.4. The second kappa shape index (κ2) is 7.94. The largest absolute Gasteiger partial charge is 0.342 e. The second-order valence-electron chi connectivity index (χ2n) is 6.14. The molecule has 0 saturated heterocycles. The van der Waals surface area contributed by atoms with Crippen LogP contribution in [-0.4, -0.2) is 29.1 Å². The molecule has 1 unspecified atom stereocenters. The number of benzene rings is 2. The van der Waals surface area contributed by atoms with Gasteiger partial charge < -0.3 is 15.2 Å². The minimum atomic E-state index is -0.263. The van der Waals surface area contributed by atoms with Crippen LogP contribution in [0.25, 0.3) is 11.0 Å². The molecule has 0 spiro atoms. The standard InChI is InChI=1S/C20H24N4O/c1-21-14-8-13-18(25)23-19(15-9-4-3-5-10-15)20-22-16-11-6-7-12-17(16)24(20)2/h3-7,9-12,19,21H,8,13-14H2,1-2H3,(H,23,25). The van der Waals surface area contributed by atoms with E-state index in [-0.39, 0.29) is 11.9 Å². The fraction of sp³-hybridized carbons (Fsp3) is 0.300. The van der Waals surface area contributed by atoms with Gasteiger partial charge in [0.05, 0.1) is 11.0 Å². The molecule has 1 amide bonds. The fourth-order valence-corrected chi connectivity index (χ4v) is 3.02. The van der Waals surface area contributed by atoms with E-state index in [0.29, 0.717) is 6.42 Å². The number of fused-ring (bicyclic) bond motifs is 1. The summed E-state index contributed by atoms with van der Waals surface area (Å²) in [6.07, 6.45) is 1.31. The first kappa shape index (κ1) is 17.2. The van der Waals surface area contributed by atoms with Crippen molar-refractivity contribution in [2.75, 3.05) is 13.6 Å². The number of aryl methyl sites for hydroxylation is 1. The maximum Gasteiger partial charge on any atom is 0.220 e. The number of carbonyl (C=O) groups is 1. The maximum atomic E-state index is 12.4. The molecule has 2 aromatic carbocycles. The normalized spacial score (nSPS) is 12.2. The molecular formula is C20H24N4O. The molecule has 5 nitrogen and oxygen atoms in total. The summed E-state index contributed by atoms with van der Waals surface area (Å²) in [5, 5.41) is 6.23. The van der Waals surface area contributed by atoms with Crippen molar-refractivity contribution in [2.24, 2.45) is 7.05 Å². The number of hydrogen-bond acceptors (Lipinski definition) is 3. The molecule has 1 heterocycles. The first-order valence-electron chi connectivity index (χ1n) is 8.61. The molecule has 25 heavy (non-hydrogen) atoms. The molecule has 1 atom stereocenters. The lowest BCUT2D eigenvalue weighted by Crippen LogP contribution is -2.31. The molecule has 0 bridgehead atoms. The van der Waals surface area contributed by atoms with Crippen LogP contribution in [-0.2, 0) is 11.8 Å². The van der Waals surface area contributed by atoms with Crippen molar-refractivity contribution in [1.29, 1.82) is 0 Å². The Morgan fingerprint density at radius 3 is 2.56 bits per heavy atom. The van der Waals surface area contributed by atoms with Crippen molar-refractivity contribution in [1.82, 2.24) is 20.2 Å². The smallest absolute Gasteiger partial charge is 0.220 e. The van der Waals surface area contributed by atoms with E-state index < -0.39 is 0 Å². The molecular weight excluding hydrogens is 312 g/mol. The zero-order valence-corrected chi connectivity index (χ0v) is 14.7. The topological polar surface area (TPSA) is 59.0 Å². The van der Waals surface area contributed by atoms with E-state index in [1.807, 2.05) is 68.7 Å². The summed E-state index contributed by atoms with van der Waals surface area (Å²) < 4.78 is 2.06. The van der Waals surface area contributed by atoms with Gasteiger partial charge in [0.25, 0.3) is 0 Å². The van der Waals surface area contributed by atoms with Gasteiger partial charge in [-0.1, -0.05) is 42.5 Å². The van der Waals surface area contributed by atoms with Gasteiger partial charge in [0.1, 0.15) is 11.9 Å². The van der Waals surface area contributed by atoms with Crippen LogP contribution in [0, 0.1) is 0 Å². The molecule has 0 radical (unpaired) electrons. The van der Waals surface area contributed by atoms with Crippen molar-refractivity contribution in [3.63, 3.8) is 0 Å². The van der Waals surface area contributed by atoms with E-state index in [9.17, 15) is 4.79 Å². The van der Waals surface area contributed by atoms with Crippen molar-refractivity contribution >= 4 is 16.9 Å². The lowest BCUT2D eigenvalue weighted by Gasteiger charge is -2.19. The number of rotatable bonds is 7. The van der Waals surface area contributed by atoms with Crippen LogP contribution in [0.3, 0.4) is 0 Å². The molecule has 1 aromatic heterocycles. The van der Waals surface area contributed by atoms with Crippen LogP contribution in [0.2, 0.25) is 0 Å². The van der Waals surface area contributed by atoms with Gasteiger partial charge in [-0.15, -0.1) is 0 Å². The second-order valence-corrected chi connectivity index (χ2v) is 6.14. The van der Waals surface area contributed by atoms with Crippen molar-refractivity contribution in [3.05, 3.63) is 66.0 Å². The molecule has 130 valence electrons. The van der Waals surface area contributed by atoms with Crippen LogP contribution < -0.4 is 10.6 Å². The summed E-state index contributed by atoms with van der Waals surface area (Å²) in [7, 11) is 3.89. The SMILES string of the molecule is CNCCCC(=O)NC(c1ccccc1)c1nc2ccccc2n1C. The van der Waals surface area contributed by atoms with Gasteiger partial charge >= 0.3 is 0 Å². The average molecular weight is 336 g/mol. The van der Waals surface area contributed by atoms with Crippen molar-refractivity contribution in [2.45, 2.75) is 18.9 Å². The van der Waals surface area contributed by atoms with Crippen LogP contribution in [0.5, 0.6) is 0 Å². The van der Waals surface area contributed by atoms with Gasteiger partial charge in [-0.2, -0.15) is 0 Å².